The number of ether oxygens (including phenoxy) is 1. The molecule has 0 spiro atoms. The molecule has 1 N–H and O–H groups in total. The Hall–Kier alpha value is -3.03. The third-order valence-electron chi connectivity index (χ3n) is 3.28. The van der Waals surface area contributed by atoms with Crippen LogP contribution in [0.25, 0.3) is 0 Å². The molecule has 0 aliphatic rings. The normalized spacial score (nSPS) is 10.3. The Kier molecular flexibility index (Phi) is 5.41. The number of nitro groups is 1. The summed E-state index contributed by atoms with van der Waals surface area (Å²) in [7, 11) is 1.35. The summed E-state index contributed by atoms with van der Waals surface area (Å²) in [5.74, 6) is -1.81. The minimum atomic E-state index is -0.980. The molecule has 0 radical (unpaired) electrons. The van der Waals surface area contributed by atoms with Crippen molar-refractivity contribution in [2.75, 3.05) is 12.4 Å². The van der Waals surface area contributed by atoms with Gasteiger partial charge in [0.05, 0.1) is 12.0 Å². The van der Waals surface area contributed by atoms with Crippen molar-refractivity contribution in [2.45, 2.75) is 12.8 Å². The Morgan fingerprint density at radius 2 is 1.96 bits per heavy atom. The maximum absolute atomic E-state index is 13.6. The Bertz CT molecular complexity index is 781. The number of nitrogens with zero attached hydrogens (tertiary/aromatic N) is 1. The second-order valence-corrected chi connectivity index (χ2v) is 4.94. The number of hydrogen-bond acceptors (Lipinski definition) is 4. The zero-order valence-electron chi connectivity index (χ0n) is 12.7. The predicted octanol–water partition coefficient (Wildman–Crippen LogP) is 3.45. The van der Waals surface area contributed by atoms with Crippen molar-refractivity contribution in [1.82, 2.24) is 0 Å². The lowest BCUT2D eigenvalue weighted by atomic mass is 10.1. The fraction of sp³-hybridized carbons (Fsp3) is 0.188. The zero-order chi connectivity index (χ0) is 17.7. The number of rotatable bonds is 6. The van der Waals surface area contributed by atoms with Gasteiger partial charge >= 0.3 is 5.69 Å². The molecule has 0 aliphatic heterocycles. The smallest absolute Gasteiger partial charge is 0.306 e. The van der Waals surface area contributed by atoms with E-state index in [0.29, 0.717) is 5.56 Å². The number of anilines is 1. The second kappa shape index (κ2) is 7.49. The van der Waals surface area contributed by atoms with Gasteiger partial charge in [0, 0.05) is 18.2 Å². The molecule has 1 amide bonds. The number of amides is 1. The lowest BCUT2D eigenvalue weighted by molar-refractivity contribution is -0.387. The highest BCUT2D eigenvalue weighted by Crippen LogP contribution is 2.22. The van der Waals surface area contributed by atoms with Crippen LogP contribution in [0.5, 0.6) is 5.75 Å². The quantitative estimate of drug-likeness (QED) is 0.647. The van der Waals surface area contributed by atoms with Crippen LogP contribution in [0, 0.1) is 21.7 Å². The van der Waals surface area contributed by atoms with E-state index >= 15 is 0 Å². The molecule has 0 atom stereocenters. The van der Waals surface area contributed by atoms with E-state index in [9.17, 15) is 23.7 Å². The van der Waals surface area contributed by atoms with Crippen LogP contribution in [0.3, 0.4) is 0 Å². The van der Waals surface area contributed by atoms with E-state index in [1.54, 1.807) is 6.07 Å². The third-order valence-corrected chi connectivity index (χ3v) is 3.28. The van der Waals surface area contributed by atoms with E-state index in [-0.39, 0.29) is 24.3 Å². The van der Waals surface area contributed by atoms with Gasteiger partial charge in [-0.2, -0.15) is 4.39 Å². The molecular weight excluding hydrogens is 322 g/mol. The Balaban J connectivity index is 1.97. The number of nitro benzene ring substituents is 1. The largest absolute Gasteiger partial charge is 0.494 e. The van der Waals surface area contributed by atoms with Gasteiger partial charge in [0.2, 0.25) is 11.7 Å². The highest BCUT2D eigenvalue weighted by Gasteiger charge is 2.15. The average Bonchev–Trinajstić information content (AvgIpc) is 2.54. The van der Waals surface area contributed by atoms with Gasteiger partial charge in [0.1, 0.15) is 0 Å². The van der Waals surface area contributed by atoms with Gasteiger partial charge in [-0.25, -0.2) is 4.39 Å². The molecule has 2 aromatic carbocycles. The maximum Gasteiger partial charge on any atom is 0.306 e. The summed E-state index contributed by atoms with van der Waals surface area (Å²) < 4.78 is 31.6. The lowest BCUT2D eigenvalue weighted by Crippen LogP contribution is -2.12. The van der Waals surface area contributed by atoms with E-state index in [1.165, 1.54) is 25.3 Å². The van der Waals surface area contributed by atoms with Crippen molar-refractivity contribution in [3.8, 4) is 5.75 Å². The fourth-order valence-corrected chi connectivity index (χ4v) is 2.08. The first kappa shape index (κ1) is 17.3. The molecule has 2 aromatic rings. The number of nitrogens with one attached hydrogen (secondary N) is 1. The number of halogens is 2. The van der Waals surface area contributed by atoms with E-state index in [4.69, 9.17) is 4.74 Å². The van der Waals surface area contributed by atoms with Crippen LogP contribution >= 0.6 is 0 Å². The van der Waals surface area contributed by atoms with E-state index in [2.05, 4.69) is 5.32 Å². The van der Waals surface area contributed by atoms with Crippen LogP contribution in [0.2, 0.25) is 0 Å². The summed E-state index contributed by atoms with van der Waals surface area (Å²) in [6.45, 7) is 0. The van der Waals surface area contributed by atoms with Crippen molar-refractivity contribution in [3.05, 3.63) is 63.7 Å². The average molecular weight is 336 g/mol. The minimum Gasteiger partial charge on any atom is -0.494 e. The van der Waals surface area contributed by atoms with Crippen molar-refractivity contribution >= 4 is 17.3 Å². The first-order valence-electron chi connectivity index (χ1n) is 6.97. The maximum atomic E-state index is 13.6. The summed E-state index contributed by atoms with van der Waals surface area (Å²) in [5, 5.41) is 13.1. The van der Waals surface area contributed by atoms with Gasteiger partial charge in [-0.1, -0.05) is 6.07 Å². The molecule has 0 heterocycles. The second-order valence-electron chi connectivity index (χ2n) is 4.94. The highest BCUT2D eigenvalue weighted by atomic mass is 19.1. The molecule has 24 heavy (non-hydrogen) atoms. The van der Waals surface area contributed by atoms with Crippen LogP contribution < -0.4 is 10.1 Å². The SMILES string of the molecule is COc1ccc(CCC(=O)Nc2ccc(F)c([N+](=O)[O-])c2)cc1F. The summed E-state index contributed by atoms with van der Waals surface area (Å²) in [5.41, 5.74) is 0.00701. The standard InChI is InChI=1S/C16H14F2N2O4/c1-24-15-6-2-10(8-13(15)18)3-7-16(21)19-11-4-5-12(17)14(9-11)20(22)23/h2,4-6,8-9H,3,7H2,1H3,(H,19,21). The highest BCUT2D eigenvalue weighted by molar-refractivity contribution is 5.91. The summed E-state index contributed by atoms with van der Waals surface area (Å²) in [6, 6.07) is 7.46. The molecule has 0 aliphatic carbocycles. The first-order valence-corrected chi connectivity index (χ1v) is 6.97. The number of hydrogen-bond donors (Lipinski definition) is 1. The topological polar surface area (TPSA) is 81.5 Å². The van der Waals surface area contributed by atoms with Gasteiger partial charge in [-0.15, -0.1) is 0 Å². The summed E-state index contributed by atoms with van der Waals surface area (Å²) in [4.78, 5) is 21.7. The van der Waals surface area contributed by atoms with Gasteiger partial charge in [0.15, 0.2) is 11.6 Å². The molecule has 126 valence electrons. The fourth-order valence-electron chi connectivity index (χ4n) is 2.08. The van der Waals surface area contributed by atoms with Crippen LogP contribution in [0.15, 0.2) is 36.4 Å². The number of methoxy groups -OCH3 is 1. The van der Waals surface area contributed by atoms with Crippen LogP contribution in [0.4, 0.5) is 20.2 Å². The first-order chi connectivity index (χ1) is 11.4. The van der Waals surface area contributed by atoms with Gasteiger partial charge in [0.25, 0.3) is 0 Å². The van der Waals surface area contributed by atoms with E-state index in [1.807, 2.05) is 0 Å². The molecule has 0 saturated carbocycles. The van der Waals surface area contributed by atoms with Crippen molar-refractivity contribution in [2.24, 2.45) is 0 Å². The third kappa shape index (κ3) is 4.25. The monoisotopic (exact) mass is 336 g/mol. The van der Waals surface area contributed by atoms with Gasteiger partial charge in [-0.05, 0) is 36.2 Å². The molecule has 6 nitrogen and oxygen atoms in total. The molecule has 0 unspecified atom stereocenters. The van der Waals surface area contributed by atoms with Gasteiger partial charge in [-0.3, -0.25) is 14.9 Å². The molecular formula is C16H14F2N2O4. The molecule has 0 fully saturated rings. The number of benzene rings is 2. The van der Waals surface area contributed by atoms with Crippen LogP contribution in [-0.2, 0) is 11.2 Å². The summed E-state index contributed by atoms with van der Waals surface area (Å²) in [6.07, 6.45) is 0.312. The minimum absolute atomic E-state index is 0.0386. The van der Waals surface area contributed by atoms with Crippen molar-refractivity contribution in [1.29, 1.82) is 0 Å². The van der Waals surface area contributed by atoms with Gasteiger partial charge < -0.3 is 10.1 Å². The molecule has 8 heteroatoms. The number of aryl methyl sites for hydroxylation is 1. The molecule has 0 aromatic heterocycles. The van der Waals surface area contributed by atoms with Crippen molar-refractivity contribution < 1.29 is 23.2 Å². The molecule has 0 saturated heterocycles. The van der Waals surface area contributed by atoms with Crippen molar-refractivity contribution in [3.63, 3.8) is 0 Å². The number of carbonyl (C=O) groups excluding carboxylic acids is 1. The Morgan fingerprint density at radius 1 is 1.21 bits per heavy atom. The molecule has 2 rings (SSSR count). The lowest BCUT2D eigenvalue weighted by Gasteiger charge is -2.07. The summed E-state index contributed by atoms with van der Waals surface area (Å²) >= 11 is 0. The number of carbonyl (C=O) groups is 1. The van der Waals surface area contributed by atoms with E-state index in [0.717, 1.165) is 12.1 Å². The Labute approximate surface area is 136 Å². The van der Waals surface area contributed by atoms with Crippen LogP contribution in [-0.4, -0.2) is 17.9 Å². The Morgan fingerprint density at radius 3 is 2.58 bits per heavy atom. The zero-order valence-corrected chi connectivity index (χ0v) is 12.7. The van der Waals surface area contributed by atoms with E-state index < -0.39 is 28.2 Å². The predicted molar refractivity (Wildman–Crippen MR) is 83.0 cm³/mol. The molecule has 0 bridgehead atoms. The van der Waals surface area contributed by atoms with Crippen LogP contribution in [0.1, 0.15) is 12.0 Å².